The first kappa shape index (κ1) is 16.6. The summed E-state index contributed by atoms with van der Waals surface area (Å²) in [4.78, 5) is 12.0. The highest BCUT2D eigenvalue weighted by atomic mass is 16.5. The van der Waals surface area contributed by atoms with Gasteiger partial charge >= 0.3 is 5.97 Å². The Morgan fingerprint density at radius 1 is 1.26 bits per heavy atom. The molecule has 0 aliphatic carbocycles. The average Bonchev–Trinajstić information content (AvgIpc) is 2.96. The van der Waals surface area contributed by atoms with Gasteiger partial charge in [-0.15, -0.1) is 0 Å². The number of hydrogen-bond acceptors (Lipinski definition) is 5. The normalized spacial score (nSPS) is 10.7. The molecule has 0 N–H and O–H groups in total. The number of methoxy groups -OCH3 is 2. The molecule has 0 radical (unpaired) electrons. The zero-order valence-corrected chi connectivity index (χ0v) is 13.5. The van der Waals surface area contributed by atoms with Crippen molar-refractivity contribution in [3.63, 3.8) is 0 Å². The number of hydrogen-bond donors (Lipinski definition) is 0. The smallest absolute Gasteiger partial charge is 0.341 e. The topological polar surface area (TPSA) is 62.6 Å². The van der Waals surface area contributed by atoms with E-state index in [0.29, 0.717) is 24.4 Å². The van der Waals surface area contributed by atoms with E-state index in [1.807, 2.05) is 24.3 Å². The quantitative estimate of drug-likeness (QED) is 0.580. The average molecular weight is 316 g/mol. The first-order valence-corrected chi connectivity index (χ1v) is 7.24. The molecule has 0 spiro atoms. The van der Waals surface area contributed by atoms with Crippen LogP contribution in [0.15, 0.2) is 36.7 Å². The van der Waals surface area contributed by atoms with Gasteiger partial charge in [-0.2, -0.15) is 5.10 Å². The molecule has 6 nitrogen and oxygen atoms in total. The predicted molar refractivity (Wildman–Crippen MR) is 86.3 cm³/mol. The lowest BCUT2D eigenvalue weighted by Crippen LogP contribution is -2.08. The van der Waals surface area contributed by atoms with Crippen LogP contribution in [-0.2, 0) is 16.0 Å². The molecule has 2 aromatic rings. The van der Waals surface area contributed by atoms with Crippen molar-refractivity contribution in [2.75, 3.05) is 20.8 Å². The van der Waals surface area contributed by atoms with Crippen molar-refractivity contribution < 1.29 is 19.0 Å². The van der Waals surface area contributed by atoms with E-state index in [0.717, 1.165) is 11.3 Å². The minimum Gasteiger partial charge on any atom is -0.504 e. The van der Waals surface area contributed by atoms with Crippen molar-refractivity contribution >= 4 is 12.0 Å². The number of aromatic nitrogens is 2. The first-order chi connectivity index (χ1) is 11.2. The Bertz CT molecular complexity index is 674. The van der Waals surface area contributed by atoms with E-state index < -0.39 is 5.97 Å². The summed E-state index contributed by atoms with van der Waals surface area (Å²) in [5.74, 6) is 0.394. The van der Waals surface area contributed by atoms with E-state index in [9.17, 15) is 4.79 Å². The van der Waals surface area contributed by atoms with Crippen molar-refractivity contribution in [1.29, 1.82) is 0 Å². The minimum atomic E-state index is -0.399. The molecule has 0 atom stereocenters. The van der Waals surface area contributed by atoms with Gasteiger partial charge in [-0.05, 0) is 30.7 Å². The summed E-state index contributed by atoms with van der Waals surface area (Å²) < 4.78 is 16.9. The van der Waals surface area contributed by atoms with Crippen LogP contribution in [0, 0.1) is 0 Å². The molecule has 6 heteroatoms. The minimum absolute atomic E-state index is 0.315. The molecular formula is C17H20N2O4. The van der Waals surface area contributed by atoms with Gasteiger partial charge in [0.2, 0.25) is 0 Å². The van der Waals surface area contributed by atoms with Crippen molar-refractivity contribution in [2.45, 2.75) is 13.5 Å². The second-order valence-corrected chi connectivity index (χ2v) is 4.71. The van der Waals surface area contributed by atoms with Gasteiger partial charge in [0.1, 0.15) is 11.3 Å². The molecule has 0 bridgehead atoms. The summed E-state index contributed by atoms with van der Waals surface area (Å²) in [5.41, 5.74) is 2.09. The van der Waals surface area contributed by atoms with Gasteiger partial charge in [-0.25, -0.2) is 4.79 Å². The maximum atomic E-state index is 12.0. The molecule has 0 fully saturated rings. The van der Waals surface area contributed by atoms with Crippen molar-refractivity contribution in [3.05, 3.63) is 53.5 Å². The van der Waals surface area contributed by atoms with Crippen molar-refractivity contribution in [3.8, 4) is 5.75 Å². The second-order valence-electron chi connectivity index (χ2n) is 4.71. The summed E-state index contributed by atoms with van der Waals surface area (Å²) in [7, 11) is 3.17. The fraction of sp³-hybridized carbons (Fsp3) is 0.294. The maximum Gasteiger partial charge on any atom is 0.341 e. The molecule has 23 heavy (non-hydrogen) atoms. The van der Waals surface area contributed by atoms with Gasteiger partial charge in [-0.3, -0.25) is 4.68 Å². The lowest BCUT2D eigenvalue weighted by molar-refractivity contribution is 0.0526. The van der Waals surface area contributed by atoms with Crippen LogP contribution in [0.4, 0.5) is 0 Å². The van der Waals surface area contributed by atoms with Gasteiger partial charge in [0.05, 0.1) is 45.5 Å². The third kappa shape index (κ3) is 4.12. The van der Waals surface area contributed by atoms with Gasteiger partial charge in [-0.1, -0.05) is 12.1 Å². The number of carbonyl (C=O) groups excluding carboxylic acids is 1. The lowest BCUT2D eigenvalue weighted by Gasteiger charge is -2.07. The van der Waals surface area contributed by atoms with Gasteiger partial charge in [0.15, 0.2) is 0 Å². The first-order valence-electron chi connectivity index (χ1n) is 7.24. The van der Waals surface area contributed by atoms with Crippen LogP contribution >= 0.6 is 0 Å². The number of ether oxygens (including phenoxy) is 3. The van der Waals surface area contributed by atoms with Gasteiger partial charge in [0.25, 0.3) is 0 Å². The lowest BCUT2D eigenvalue weighted by atomic mass is 10.2. The van der Waals surface area contributed by atoms with Gasteiger partial charge < -0.3 is 14.2 Å². The van der Waals surface area contributed by atoms with Gasteiger partial charge in [0, 0.05) is 0 Å². The second kappa shape index (κ2) is 8.03. The van der Waals surface area contributed by atoms with Crippen LogP contribution in [0.5, 0.6) is 5.75 Å². The van der Waals surface area contributed by atoms with Crippen molar-refractivity contribution in [1.82, 2.24) is 9.78 Å². The van der Waals surface area contributed by atoms with E-state index >= 15 is 0 Å². The third-order valence-corrected chi connectivity index (χ3v) is 3.23. The molecule has 0 aliphatic heterocycles. The zero-order chi connectivity index (χ0) is 16.7. The summed E-state index contributed by atoms with van der Waals surface area (Å²) in [6, 6.07) is 7.67. The Balaban J connectivity index is 2.29. The summed E-state index contributed by atoms with van der Waals surface area (Å²) in [6.07, 6.45) is 4.71. The summed E-state index contributed by atoms with van der Waals surface area (Å²) in [6.45, 7) is 2.60. The van der Waals surface area contributed by atoms with Crippen LogP contribution in [0.2, 0.25) is 0 Å². The van der Waals surface area contributed by atoms with E-state index in [2.05, 4.69) is 5.10 Å². The molecule has 0 unspecified atom stereocenters. The Kier molecular flexibility index (Phi) is 5.80. The Morgan fingerprint density at radius 2 is 2.00 bits per heavy atom. The zero-order valence-electron chi connectivity index (χ0n) is 13.5. The number of rotatable bonds is 7. The summed E-state index contributed by atoms with van der Waals surface area (Å²) in [5, 5.41) is 4.29. The molecule has 0 amide bonds. The predicted octanol–water partition coefficient (Wildman–Crippen LogP) is 2.73. The van der Waals surface area contributed by atoms with E-state index in [1.165, 1.54) is 12.5 Å². The molecule has 0 saturated heterocycles. The molecule has 1 aromatic heterocycles. The standard InChI is InChI=1S/C17H20N2O4/c1-4-23-17(20)15-11-18-19(16(15)9-10-21-2)12-13-5-7-14(22-3)8-6-13/h5-11H,4,12H2,1-3H3. The largest absolute Gasteiger partial charge is 0.504 e. The number of esters is 1. The molecule has 1 heterocycles. The van der Waals surface area contributed by atoms with Crippen molar-refractivity contribution in [2.24, 2.45) is 0 Å². The number of nitrogens with zero attached hydrogens (tertiary/aromatic N) is 2. The van der Waals surface area contributed by atoms with Crippen LogP contribution in [0.3, 0.4) is 0 Å². The summed E-state index contributed by atoms with van der Waals surface area (Å²) >= 11 is 0. The highest BCUT2D eigenvalue weighted by Crippen LogP contribution is 2.17. The fourth-order valence-corrected chi connectivity index (χ4v) is 2.10. The van der Waals surface area contributed by atoms with Crippen LogP contribution in [0.25, 0.3) is 6.08 Å². The highest BCUT2D eigenvalue weighted by molar-refractivity contribution is 5.92. The van der Waals surface area contributed by atoms with Crippen LogP contribution in [-0.4, -0.2) is 36.6 Å². The molecule has 122 valence electrons. The van der Waals surface area contributed by atoms with E-state index in [4.69, 9.17) is 14.2 Å². The van der Waals surface area contributed by atoms with Crippen LogP contribution < -0.4 is 4.74 Å². The molecule has 2 rings (SSSR count). The maximum absolute atomic E-state index is 12.0. The molecule has 0 saturated carbocycles. The van der Waals surface area contributed by atoms with E-state index in [-0.39, 0.29) is 0 Å². The Hall–Kier alpha value is -2.76. The molecule has 0 aliphatic rings. The highest BCUT2D eigenvalue weighted by Gasteiger charge is 2.17. The monoisotopic (exact) mass is 316 g/mol. The Morgan fingerprint density at radius 3 is 2.61 bits per heavy atom. The Labute approximate surface area is 135 Å². The number of benzene rings is 1. The van der Waals surface area contributed by atoms with E-state index in [1.54, 1.807) is 31.9 Å². The third-order valence-electron chi connectivity index (χ3n) is 3.23. The molecular weight excluding hydrogens is 296 g/mol. The van der Waals surface area contributed by atoms with Crippen LogP contribution in [0.1, 0.15) is 28.5 Å². The molecule has 1 aromatic carbocycles. The SMILES string of the molecule is CCOC(=O)c1cnn(Cc2ccc(OC)cc2)c1C=COC. The number of carbonyl (C=O) groups is 1. The fourth-order valence-electron chi connectivity index (χ4n) is 2.10.